The number of aromatic nitrogens is 5. The van der Waals surface area contributed by atoms with E-state index in [9.17, 15) is 4.79 Å². The first kappa shape index (κ1) is 9.57. The summed E-state index contributed by atoms with van der Waals surface area (Å²) in [7, 11) is 0. The molecule has 0 aliphatic heterocycles. The summed E-state index contributed by atoms with van der Waals surface area (Å²) < 4.78 is 0. The molecule has 0 amide bonds. The van der Waals surface area contributed by atoms with Gasteiger partial charge in [-0.2, -0.15) is 15.4 Å². The Balaban J connectivity index is 2.54. The molecule has 0 radical (unpaired) electrons. The molecule has 0 bridgehead atoms. The summed E-state index contributed by atoms with van der Waals surface area (Å²) in [6.45, 7) is 3.96. The standard InChI is InChI=1S/C9H11N5O/c1-5(2)6-3-8(15)12-9(11-6)7-4-10-14-13-7/h3-5H,1-2H3,(H,10,13,14)(H,11,12,15). The summed E-state index contributed by atoms with van der Waals surface area (Å²) in [5.74, 6) is 0.651. The highest BCUT2D eigenvalue weighted by Gasteiger charge is 2.08. The van der Waals surface area contributed by atoms with Crippen molar-refractivity contribution < 1.29 is 0 Å². The average Bonchev–Trinajstić information content (AvgIpc) is 2.69. The van der Waals surface area contributed by atoms with Gasteiger partial charge in [-0.3, -0.25) is 4.79 Å². The first-order chi connectivity index (χ1) is 7.16. The fourth-order valence-corrected chi connectivity index (χ4v) is 1.21. The molecule has 15 heavy (non-hydrogen) atoms. The number of aromatic amines is 2. The highest BCUT2D eigenvalue weighted by Crippen LogP contribution is 2.13. The second-order valence-electron chi connectivity index (χ2n) is 3.53. The van der Waals surface area contributed by atoms with Gasteiger partial charge in [0.2, 0.25) is 0 Å². The third-order valence-corrected chi connectivity index (χ3v) is 2.01. The van der Waals surface area contributed by atoms with E-state index in [1.807, 2.05) is 13.8 Å². The topological polar surface area (TPSA) is 87.3 Å². The molecule has 0 fully saturated rings. The molecule has 6 nitrogen and oxygen atoms in total. The van der Waals surface area contributed by atoms with E-state index in [-0.39, 0.29) is 11.5 Å². The van der Waals surface area contributed by atoms with Gasteiger partial charge in [0.15, 0.2) is 5.82 Å². The molecular weight excluding hydrogens is 194 g/mol. The summed E-state index contributed by atoms with van der Waals surface area (Å²) in [5.41, 5.74) is 1.11. The fourth-order valence-electron chi connectivity index (χ4n) is 1.21. The Morgan fingerprint density at radius 1 is 1.40 bits per heavy atom. The van der Waals surface area contributed by atoms with Crippen LogP contribution >= 0.6 is 0 Å². The van der Waals surface area contributed by atoms with Crippen molar-refractivity contribution in [2.75, 3.05) is 0 Å². The molecule has 0 spiro atoms. The van der Waals surface area contributed by atoms with Crippen LogP contribution in [0.4, 0.5) is 0 Å². The Bertz CT molecular complexity index is 499. The van der Waals surface area contributed by atoms with Gasteiger partial charge in [0.25, 0.3) is 5.56 Å². The average molecular weight is 205 g/mol. The van der Waals surface area contributed by atoms with Gasteiger partial charge in [-0.25, -0.2) is 4.98 Å². The van der Waals surface area contributed by atoms with Gasteiger partial charge in [0, 0.05) is 6.07 Å². The van der Waals surface area contributed by atoms with Crippen molar-refractivity contribution in [3.05, 3.63) is 28.3 Å². The van der Waals surface area contributed by atoms with Crippen LogP contribution in [0.3, 0.4) is 0 Å². The molecule has 2 N–H and O–H groups in total. The van der Waals surface area contributed by atoms with Gasteiger partial charge in [-0.05, 0) is 5.92 Å². The van der Waals surface area contributed by atoms with Gasteiger partial charge in [0.05, 0.1) is 11.9 Å². The number of H-pyrrole nitrogens is 2. The van der Waals surface area contributed by atoms with Crippen LogP contribution in [-0.2, 0) is 0 Å². The second-order valence-corrected chi connectivity index (χ2v) is 3.53. The van der Waals surface area contributed by atoms with Crippen molar-refractivity contribution in [2.24, 2.45) is 0 Å². The zero-order valence-electron chi connectivity index (χ0n) is 8.48. The number of hydrogen-bond acceptors (Lipinski definition) is 4. The fraction of sp³-hybridized carbons (Fsp3) is 0.333. The van der Waals surface area contributed by atoms with Gasteiger partial charge < -0.3 is 4.98 Å². The lowest BCUT2D eigenvalue weighted by atomic mass is 10.1. The van der Waals surface area contributed by atoms with Crippen molar-refractivity contribution in [3.63, 3.8) is 0 Å². The Morgan fingerprint density at radius 2 is 2.20 bits per heavy atom. The lowest BCUT2D eigenvalue weighted by molar-refractivity contribution is 0.810. The minimum atomic E-state index is -0.174. The Hall–Kier alpha value is -1.98. The normalized spacial score (nSPS) is 10.9. The molecule has 2 rings (SSSR count). The van der Waals surface area contributed by atoms with Gasteiger partial charge >= 0.3 is 0 Å². The first-order valence-corrected chi connectivity index (χ1v) is 4.64. The van der Waals surface area contributed by atoms with Crippen molar-refractivity contribution in [3.8, 4) is 11.5 Å². The van der Waals surface area contributed by atoms with Crippen LogP contribution < -0.4 is 5.56 Å². The summed E-state index contributed by atoms with van der Waals surface area (Å²) >= 11 is 0. The molecule has 2 aromatic rings. The van der Waals surface area contributed by atoms with Crippen molar-refractivity contribution in [1.82, 2.24) is 25.4 Å². The van der Waals surface area contributed by atoms with E-state index in [0.717, 1.165) is 5.69 Å². The molecule has 78 valence electrons. The maximum absolute atomic E-state index is 11.4. The quantitative estimate of drug-likeness (QED) is 0.754. The predicted molar refractivity (Wildman–Crippen MR) is 54.3 cm³/mol. The molecule has 0 aliphatic carbocycles. The van der Waals surface area contributed by atoms with Gasteiger partial charge in [-0.1, -0.05) is 13.8 Å². The molecule has 0 saturated heterocycles. The van der Waals surface area contributed by atoms with E-state index in [4.69, 9.17) is 0 Å². The maximum atomic E-state index is 11.4. The molecule has 0 aliphatic rings. The Kier molecular flexibility index (Phi) is 2.32. The Labute approximate surface area is 85.8 Å². The molecule has 0 saturated carbocycles. The molecule has 2 aromatic heterocycles. The van der Waals surface area contributed by atoms with Crippen molar-refractivity contribution in [2.45, 2.75) is 19.8 Å². The summed E-state index contributed by atoms with van der Waals surface area (Å²) in [6.07, 6.45) is 1.52. The van der Waals surface area contributed by atoms with E-state index in [1.54, 1.807) is 0 Å². The zero-order chi connectivity index (χ0) is 10.8. The highest BCUT2D eigenvalue weighted by molar-refractivity contribution is 5.46. The van der Waals surface area contributed by atoms with Crippen molar-refractivity contribution >= 4 is 0 Å². The predicted octanol–water partition coefficient (Wildman–Crippen LogP) is 0.678. The van der Waals surface area contributed by atoms with Gasteiger partial charge in [-0.15, -0.1) is 0 Å². The molecule has 0 unspecified atom stereocenters. The highest BCUT2D eigenvalue weighted by atomic mass is 16.1. The number of nitrogens with zero attached hydrogens (tertiary/aromatic N) is 3. The molecule has 6 heteroatoms. The van der Waals surface area contributed by atoms with Crippen molar-refractivity contribution in [1.29, 1.82) is 0 Å². The van der Waals surface area contributed by atoms with E-state index >= 15 is 0 Å². The molecule has 2 heterocycles. The number of hydrogen-bond donors (Lipinski definition) is 2. The smallest absolute Gasteiger partial charge is 0.251 e. The van der Waals surface area contributed by atoms with Crippen LogP contribution in [0.2, 0.25) is 0 Å². The van der Waals surface area contributed by atoms with Crippen LogP contribution in [-0.4, -0.2) is 25.4 Å². The minimum absolute atomic E-state index is 0.174. The first-order valence-electron chi connectivity index (χ1n) is 4.64. The molecular formula is C9H11N5O. The number of rotatable bonds is 2. The third-order valence-electron chi connectivity index (χ3n) is 2.01. The molecule has 0 aromatic carbocycles. The van der Waals surface area contributed by atoms with Gasteiger partial charge in [0.1, 0.15) is 5.69 Å². The summed E-state index contributed by atoms with van der Waals surface area (Å²) in [4.78, 5) is 18.3. The zero-order valence-corrected chi connectivity index (χ0v) is 8.48. The van der Waals surface area contributed by atoms with Crippen LogP contribution in [0.5, 0.6) is 0 Å². The molecule has 0 atom stereocenters. The minimum Gasteiger partial charge on any atom is -0.305 e. The van der Waals surface area contributed by atoms with E-state index in [0.29, 0.717) is 11.5 Å². The Morgan fingerprint density at radius 3 is 2.80 bits per heavy atom. The van der Waals surface area contributed by atoms with Crippen LogP contribution in [0.1, 0.15) is 25.5 Å². The lowest BCUT2D eigenvalue weighted by Crippen LogP contribution is -2.11. The van der Waals surface area contributed by atoms with Crippen LogP contribution in [0.25, 0.3) is 11.5 Å². The largest absolute Gasteiger partial charge is 0.305 e. The van der Waals surface area contributed by atoms with Crippen LogP contribution in [0, 0.1) is 0 Å². The van der Waals surface area contributed by atoms with E-state index in [2.05, 4.69) is 25.4 Å². The van der Waals surface area contributed by atoms with E-state index in [1.165, 1.54) is 12.3 Å². The lowest BCUT2D eigenvalue weighted by Gasteiger charge is -2.04. The summed E-state index contributed by atoms with van der Waals surface area (Å²) in [6, 6.07) is 1.49. The SMILES string of the molecule is CC(C)c1cc(=O)[nH]c(-c2cn[nH]n2)n1. The van der Waals surface area contributed by atoms with E-state index < -0.39 is 0 Å². The second kappa shape index (κ2) is 3.64. The van der Waals surface area contributed by atoms with Crippen LogP contribution in [0.15, 0.2) is 17.1 Å². The monoisotopic (exact) mass is 205 g/mol. The third kappa shape index (κ3) is 1.93. The maximum Gasteiger partial charge on any atom is 0.251 e. The summed E-state index contributed by atoms with van der Waals surface area (Å²) in [5, 5.41) is 10.00. The number of nitrogens with one attached hydrogen (secondary N) is 2.